The number of fused-ring (bicyclic) bond motifs is 1. The Hall–Kier alpha value is -1.56. The second kappa shape index (κ2) is 4.61. The van der Waals surface area contributed by atoms with Crippen LogP contribution in [0.1, 0.15) is 12.0 Å². The third kappa shape index (κ3) is 3.01. The first-order chi connectivity index (χ1) is 8.35. The Balaban J connectivity index is 2.13. The highest BCUT2D eigenvalue weighted by molar-refractivity contribution is 7.90. The molecule has 0 saturated carbocycles. The summed E-state index contributed by atoms with van der Waals surface area (Å²) in [4.78, 5) is 11.8. The lowest BCUT2D eigenvalue weighted by Gasteiger charge is -2.26. The van der Waals surface area contributed by atoms with Gasteiger partial charge in [0, 0.05) is 6.26 Å². The standard InChI is InChI=1S/C12H16N2O3S/c1-8-3-4-9-11(7-8)14-12(15)10(13-9)5-6-18(2,16)17/h3-4,7,10,13H,5-6H2,1-2H3,(H,14,15). The maximum absolute atomic E-state index is 11.8. The summed E-state index contributed by atoms with van der Waals surface area (Å²) in [5.74, 6) is -0.184. The van der Waals surface area contributed by atoms with E-state index in [2.05, 4.69) is 10.6 Å². The summed E-state index contributed by atoms with van der Waals surface area (Å²) in [5, 5.41) is 5.86. The zero-order valence-electron chi connectivity index (χ0n) is 10.4. The molecule has 6 heteroatoms. The zero-order chi connectivity index (χ0) is 13.3. The van der Waals surface area contributed by atoms with Crippen molar-refractivity contribution in [1.82, 2.24) is 0 Å². The minimum Gasteiger partial charge on any atom is -0.372 e. The number of carbonyl (C=O) groups is 1. The van der Waals surface area contributed by atoms with Gasteiger partial charge in [-0.15, -0.1) is 0 Å². The van der Waals surface area contributed by atoms with Crippen molar-refractivity contribution in [2.75, 3.05) is 22.6 Å². The van der Waals surface area contributed by atoms with E-state index in [-0.39, 0.29) is 18.1 Å². The van der Waals surface area contributed by atoms with E-state index in [4.69, 9.17) is 0 Å². The van der Waals surface area contributed by atoms with Crippen LogP contribution in [0.15, 0.2) is 18.2 Å². The molecule has 5 nitrogen and oxygen atoms in total. The first-order valence-electron chi connectivity index (χ1n) is 5.71. The van der Waals surface area contributed by atoms with Crippen LogP contribution in [-0.2, 0) is 14.6 Å². The van der Waals surface area contributed by atoms with Crippen LogP contribution < -0.4 is 10.6 Å². The Bertz CT molecular complexity index is 581. The van der Waals surface area contributed by atoms with Crippen LogP contribution in [0.4, 0.5) is 11.4 Å². The fourth-order valence-electron chi connectivity index (χ4n) is 1.90. The van der Waals surface area contributed by atoms with Crippen LogP contribution in [0, 0.1) is 6.92 Å². The molecule has 1 unspecified atom stereocenters. The van der Waals surface area contributed by atoms with Crippen molar-refractivity contribution in [2.24, 2.45) is 0 Å². The molecular weight excluding hydrogens is 252 g/mol. The van der Waals surface area contributed by atoms with E-state index in [0.717, 1.165) is 16.9 Å². The minimum atomic E-state index is -3.05. The lowest BCUT2D eigenvalue weighted by atomic mass is 10.1. The van der Waals surface area contributed by atoms with Crippen LogP contribution in [-0.4, -0.2) is 32.4 Å². The number of aryl methyl sites for hydroxylation is 1. The van der Waals surface area contributed by atoms with Gasteiger partial charge in [-0.1, -0.05) is 6.07 Å². The number of anilines is 2. The van der Waals surface area contributed by atoms with Crippen molar-refractivity contribution in [3.05, 3.63) is 23.8 Å². The molecule has 2 N–H and O–H groups in total. The molecule has 0 bridgehead atoms. The monoisotopic (exact) mass is 268 g/mol. The SMILES string of the molecule is Cc1ccc2c(c1)NC(=O)C(CCS(C)(=O)=O)N2. The molecule has 2 rings (SSSR count). The molecule has 1 aromatic carbocycles. The van der Waals surface area contributed by atoms with Crippen molar-refractivity contribution in [3.8, 4) is 0 Å². The van der Waals surface area contributed by atoms with Gasteiger partial charge in [-0.2, -0.15) is 0 Å². The lowest BCUT2D eigenvalue weighted by Crippen LogP contribution is -2.40. The number of nitrogens with one attached hydrogen (secondary N) is 2. The largest absolute Gasteiger partial charge is 0.372 e. The van der Waals surface area contributed by atoms with Gasteiger partial charge in [0.1, 0.15) is 15.9 Å². The van der Waals surface area contributed by atoms with Crippen LogP contribution >= 0.6 is 0 Å². The predicted molar refractivity (Wildman–Crippen MR) is 71.5 cm³/mol. The van der Waals surface area contributed by atoms with Gasteiger partial charge in [-0.05, 0) is 31.0 Å². The van der Waals surface area contributed by atoms with E-state index in [9.17, 15) is 13.2 Å². The molecule has 18 heavy (non-hydrogen) atoms. The second-order valence-corrected chi connectivity index (χ2v) is 6.91. The number of carbonyl (C=O) groups excluding carboxylic acids is 1. The molecule has 0 spiro atoms. The van der Waals surface area contributed by atoms with E-state index >= 15 is 0 Å². The van der Waals surface area contributed by atoms with Crippen molar-refractivity contribution >= 4 is 27.1 Å². The molecule has 98 valence electrons. The van der Waals surface area contributed by atoms with Gasteiger partial charge in [-0.25, -0.2) is 8.42 Å². The molecule has 1 heterocycles. The Morgan fingerprint density at radius 1 is 1.28 bits per heavy atom. The normalized spacial score (nSPS) is 18.8. The smallest absolute Gasteiger partial charge is 0.246 e. The van der Waals surface area contributed by atoms with Crippen LogP contribution in [0.2, 0.25) is 0 Å². The highest BCUT2D eigenvalue weighted by Gasteiger charge is 2.26. The summed E-state index contributed by atoms with van der Waals surface area (Å²) in [7, 11) is -3.05. The third-order valence-electron chi connectivity index (χ3n) is 2.86. The molecule has 1 aromatic rings. The van der Waals surface area contributed by atoms with Crippen LogP contribution in [0.5, 0.6) is 0 Å². The summed E-state index contributed by atoms with van der Waals surface area (Å²) in [6.07, 6.45) is 1.45. The van der Waals surface area contributed by atoms with Gasteiger partial charge in [0.15, 0.2) is 0 Å². The molecule has 0 fully saturated rings. The third-order valence-corrected chi connectivity index (χ3v) is 3.83. The van der Waals surface area contributed by atoms with Crippen molar-refractivity contribution in [2.45, 2.75) is 19.4 Å². The quantitative estimate of drug-likeness (QED) is 0.862. The maximum atomic E-state index is 11.8. The number of rotatable bonds is 3. The van der Waals surface area contributed by atoms with Gasteiger partial charge in [0.05, 0.1) is 17.1 Å². The average molecular weight is 268 g/mol. The Morgan fingerprint density at radius 3 is 2.67 bits per heavy atom. The van der Waals surface area contributed by atoms with Gasteiger partial charge in [0.2, 0.25) is 5.91 Å². The number of benzene rings is 1. The highest BCUT2D eigenvalue weighted by atomic mass is 32.2. The first kappa shape index (κ1) is 12.9. The Labute approximate surface area is 107 Å². The highest BCUT2D eigenvalue weighted by Crippen LogP contribution is 2.28. The average Bonchev–Trinajstić information content (AvgIpc) is 2.25. The van der Waals surface area contributed by atoms with E-state index in [1.54, 1.807) is 0 Å². The second-order valence-electron chi connectivity index (χ2n) is 4.65. The summed E-state index contributed by atoms with van der Waals surface area (Å²) in [6.45, 7) is 1.95. The molecule has 1 aliphatic heterocycles. The first-order valence-corrected chi connectivity index (χ1v) is 7.77. The van der Waals surface area contributed by atoms with E-state index in [1.165, 1.54) is 6.26 Å². The molecule has 0 saturated heterocycles. The molecule has 1 aliphatic rings. The summed E-state index contributed by atoms with van der Waals surface area (Å²) >= 11 is 0. The predicted octanol–water partition coefficient (Wildman–Crippen LogP) is 1.16. The van der Waals surface area contributed by atoms with Crippen LogP contribution in [0.3, 0.4) is 0 Å². The molecule has 1 atom stereocenters. The number of hydrogen-bond donors (Lipinski definition) is 2. The molecule has 0 radical (unpaired) electrons. The molecular formula is C12H16N2O3S. The number of sulfone groups is 1. The van der Waals surface area contributed by atoms with Gasteiger partial charge < -0.3 is 10.6 Å². The molecule has 0 aromatic heterocycles. The maximum Gasteiger partial charge on any atom is 0.246 e. The minimum absolute atomic E-state index is 0.000713. The lowest BCUT2D eigenvalue weighted by molar-refractivity contribution is -0.117. The molecule has 1 amide bonds. The summed E-state index contributed by atoms with van der Waals surface area (Å²) in [5.41, 5.74) is 2.64. The summed E-state index contributed by atoms with van der Waals surface area (Å²) < 4.78 is 22.2. The van der Waals surface area contributed by atoms with E-state index in [1.807, 2.05) is 25.1 Å². The van der Waals surface area contributed by atoms with Crippen molar-refractivity contribution < 1.29 is 13.2 Å². The topological polar surface area (TPSA) is 75.3 Å². The van der Waals surface area contributed by atoms with E-state index in [0.29, 0.717) is 0 Å². The number of amides is 1. The Morgan fingerprint density at radius 2 is 2.00 bits per heavy atom. The van der Waals surface area contributed by atoms with Crippen LogP contribution in [0.25, 0.3) is 0 Å². The van der Waals surface area contributed by atoms with E-state index < -0.39 is 15.9 Å². The fraction of sp³-hybridized carbons (Fsp3) is 0.417. The fourth-order valence-corrected chi connectivity index (χ4v) is 2.56. The van der Waals surface area contributed by atoms with Crippen molar-refractivity contribution in [3.63, 3.8) is 0 Å². The Kier molecular flexibility index (Phi) is 3.30. The van der Waals surface area contributed by atoms with Gasteiger partial charge in [0.25, 0.3) is 0 Å². The summed E-state index contributed by atoms with van der Waals surface area (Å²) in [6, 6.07) is 5.22. The zero-order valence-corrected chi connectivity index (χ0v) is 11.2. The molecule has 0 aliphatic carbocycles. The number of hydrogen-bond acceptors (Lipinski definition) is 4. The van der Waals surface area contributed by atoms with Gasteiger partial charge in [-0.3, -0.25) is 4.79 Å². The van der Waals surface area contributed by atoms with Gasteiger partial charge >= 0.3 is 0 Å². The van der Waals surface area contributed by atoms with Crippen molar-refractivity contribution in [1.29, 1.82) is 0 Å².